The minimum atomic E-state index is 0.708. The van der Waals surface area contributed by atoms with Crippen LogP contribution < -0.4 is 4.74 Å². The minimum Gasteiger partial charge on any atom is -0.493 e. The fourth-order valence-corrected chi connectivity index (χ4v) is 2.06. The molecular weight excluding hydrogens is 308 g/mol. The Morgan fingerprint density at radius 1 is 1.36 bits per heavy atom. The lowest BCUT2D eigenvalue weighted by Crippen LogP contribution is -1.93. The maximum absolute atomic E-state index is 5.44. The predicted octanol–water partition coefficient (Wildman–Crippen LogP) is 4.18. The number of ether oxygens (including phenoxy) is 1. The first-order valence-electron chi connectivity index (χ1n) is 4.75. The molecule has 0 radical (unpaired) electrons. The summed E-state index contributed by atoms with van der Waals surface area (Å²) in [6.45, 7) is 2.70. The third-order valence-electron chi connectivity index (χ3n) is 1.90. The summed E-state index contributed by atoms with van der Waals surface area (Å²) >= 11 is 6.93. The van der Waals surface area contributed by atoms with Crippen LogP contribution in [0.5, 0.6) is 5.75 Å². The second kappa shape index (κ2) is 6.46. The quantitative estimate of drug-likeness (QED) is 0.739. The van der Waals surface area contributed by atoms with E-state index in [1.165, 1.54) is 12.0 Å². The average Bonchev–Trinajstić information content (AvgIpc) is 2.19. The molecule has 0 unspecified atom stereocenters. The van der Waals surface area contributed by atoms with Crippen LogP contribution in [0, 0.1) is 0 Å². The highest BCUT2D eigenvalue weighted by Gasteiger charge is 2.01. The van der Waals surface area contributed by atoms with Crippen LogP contribution in [0.25, 0.3) is 0 Å². The monoisotopic (exact) mass is 320 g/mol. The molecular formula is C11H14Br2O. The van der Waals surface area contributed by atoms with Gasteiger partial charge in [-0.1, -0.05) is 22.0 Å². The van der Waals surface area contributed by atoms with E-state index in [4.69, 9.17) is 4.74 Å². The van der Waals surface area contributed by atoms with Crippen molar-refractivity contribution in [1.82, 2.24) is 0 Å². The van der Waals surface area contributed by atoms with Gasteiger partial charge in [0, 0.05) is 5.33 Å². The average molecular weight is 322 g/mol. The molecule has 14 heavy (non-hydrogen) atoms. The molecule has 0 heterocycles. The van der Waals surface area contributed by atoms with E-state index in [1.54, 1.807) is 0 Å². The maximum atomic E-state index is 5.44. The van der Waals surface area contributed by atoms with Crippen LogP contribution in [0.15, 0.2) is 22.7 Å². The summed E-state index contributed by atoms with van der Waals surface area (Å²) in [7, 11) is 0. The first-order valence-corrected chi connectivity index (χ1v) is 6.66. The normalized spacial score (nSPS) is 10.2. The SMILES string of the molecule is CCOc1ccc(CCCBr)cc1Br. The van der Waals surface area contributed by atoms with Crippen LogP contribution in [-0.2, 0) is 6.42 Å². The summed E-state index contributed by atoms with van der Waals surface area (Å²) < 4.78 is 6.49. The molecule has 0 atom stereocenters. The Bertz CT molecular complexity index is 287. The van der Waals surface area contributed by atoms with Crippen LogP contribution in [-0.4, -0.2) is 11.9 Å². The molecule has 3 heteroatoms. The molecule has 0 amide bonds. The van der Waals surface area contributed by atoms with E-state index in [9.17, 15) is 0 Å². The summed E-state index contributed by atoms with van der Waals surface area (Å²) in [4.78, 5) is 0. The van der Waals surface area contributed by atoms with Crippen LogP contribution in [0.3, 0.4) is 0 Å². The first-order chi connectivity index (χ1) is 6.77. The zero-order valence-electron chi connectivity index (χ0n) is 8.22. The van der Waals surface area contributed by atoms with Gasteiger partial charge in [0.2, 0.25) is 0 Å². The molecule has 0 spiro atoms. The number of rotatable bonds is 5. The van der Waals surface area contributed by atoms with Gasteiger partial charge in [0.1, 0.15) is 5.75 Å². The Balaban J connectivity index is 2.68. The van der Waals surface area contributed by atoms with Gasteiger partial charge in [-0.2, -0.15) is 0 Å². The number of alkyl halides is 1. The number of hydrogen-bond donors (Lipinski definition) is 0. The molecule has 1 nitrogen and oxygen atoms in total. The fourth-order valence-electron chi connectivity index (χ4n) is 1.24. The molecule has 0 aliphatic rings. The Hall–Kier alpha value is -0.0200. The van der Waals surface area contributed by atoms with Crippen molar-refractivity contribution in [1.29, 1.82) is 0 Å². The Labute approximate surface area is 102 Å². The molecule has 0 aliphatic carbocycles. The fraction of sp³-hybridized carbons (Fsp3) is 0.455. The van der Waals surface area contributed by atoms with Crippen molar-refractivity contribution in [2.24, 2.45) is 0 Å². The van der Waals surface area contributed by atoms with E-state index >= 15 is 0 Å². The third kappa shape index (κ3) is 3.62. The van der Waals surface area contributed by atoms with Gasteiger partial charge in [0.05, 0.1) is 11.1 Å². The molecule has 0 saturated carbocycles. The van der Waals surface area contributed by atoms with Crippen molar-refractivity contribution < 1.29 is 4.74 Å². The highest BCUT2D eigenvalue weighted by Crippen LogP contribution is 2.26. The molecule has 1 rings (SSSR count). The van der Waals surface area contributed by atoms with Gasteiger partial charge in [-0.3, -0.25) is 0 Å². The first kappa shape index (κ1) is 12.1. The van der Waals surface area contributed by atoms with Gasteiger partial charge in [0.15, 0.2) is 0 Å². The van der Waals surface area contributed by atoms with E-state index < -0.39 is 0 Å². The number of hydrogen-bond acceptors (Lipinski definition) is 1. The van der Waals surface area contributed by atoms with Crippen molar-refractivity contribution in [3.63, 3.8) is 0 Å². The Morgan fingerprint density at radius 2 is 2.14 bits per heavy atom. The molecule has 0 saturated heterocycles. The molecule has 0 aromatic heterocycles. The smallest absolute Gasteiger partial charge is 0.133 e. The van der Waals surface area contributed by atoms with E-state index in [2.05, 4.69) is 44.0 Å². The zero-order chi connectivity index (χ0) is 10.4. The van der Waals surface area contributed by atoms with Gasteiger partial charge in [-0.05, 0) is 53.4 Å². The summed E-state index contributed by atoms with van der Waals surface area (Å²) in [6.07, 6.45) is 2.27. The van der Waals surface area contributed by atoms with Crippen molar-refractivity contribution in [2.45, 2.75) is 19.8 Å². The van der Waals surface area contributed by atoms with Gasteiger partial charge in [-0.25, -0.2) is 0 Å². The van der Waals surface area contributed by atoms with Gasteiger partial charge in [-0.15, -0.1) is 0 Å². The zero-order valence-corrected chi connectivity index (χ0v) is 11.4. The van der Waals surface area contributed by atoms with Crippen molar-refractivity contribution in [3.05, 3.63) is 28.2 Å². The van der Waals surface area contributed by atoms with Crippen molar-refractivity contribution >= 4 is 31.9 Å². The number of halogens is 2. The van der Waals surface area contributed by atoms with E-state index in [0.29, 0.717) is 6.61 Å². The molecule has 0 aliphatic heterocycles. The number of benzene rings is 1. The van der Waals surface area contributed by atoms with Crippen LogP contribution in [0.2, 0.25) is 0 Å². The topological polar surface area (TPSA) is 9.23 Å². The molecule has 0 N–H and O–H groups in total. The van der Waals surface area contributed by atoms with Crippen molar-refractivity contribution in [2.75, 3.05) is 11.9 Å². The van der Waals surface area contributed by atoms with Crippen molar-refractivity contribution in [3.8, 4) is 5.75 Å². The maximum Gasteiger partial charge on any atom is 0.133 e. The van der Waals surface area contributed by atoms with Gasteiger partial charge >= 0.3 is 0 Å². The lowest BCUT2D eigenvalue weighted by atomic mass is 10.1. The third-order valence-corrected chi connectivity index (χ3v) is 3.08. The molecule has 1 aromatic carbocycles. The second-order valence-corrected chi connectivity index (χ2v) is 4.64. The van der Waals surface area contributed by atoms with Gasteiger partial charge < -0.3 is 4.74 Å². The minimum absolute atomic E-state index is 0.708. The van der Waals surface area contributed by atoms with Crippen LogP contribution in [0.4, 0.5) is 0 Å². The van der Waals surface area contributed by atoms with E-state index in [0.717, 1.165) is 22.0 Å². The largest absolute Gasteiger partial charge is 0.493 e. The molecule has 1 aromatic rings. The van der Waals surface area contributed by atoms with Crippen LogP contribution >= 0.6 is 31.9 Å². The molecule has 0 bridgehead atoms. The number of aryl methyl sites for hydroxylation is 1. The molecule has 0 fully saturated rings. The van der Waals surface area contributed by atoms with E-state index in [-0.39, 0.29) is 0 Å². The Kier molecular flexibility index (Phi) is 5.56. The summed E-state index contributed by atoms with van der Waals surface area (Å²) in [5.74, 6) is 0.926. The van der Waals surface area contributed by atoms with E-state index in [1.807, 2.05) is 13.0 Å². The van der Waals surface area contributed by atoms with Crippen LogP contribution in [0.1, 0.15) is 18.9 Å². The highest BCUT2D eigenvalue weighted by atomic mass is 79.9. The van der Waals surface area contributed by atoms with Gasteiger partial charge in [0.25, 0.3) is 0 Å². The summed E-state index contributed by atoms with van der Waals surface area (Å²) in [5, 5.41) is 1.05. The summed E-state index contributed by atoms with van der Waals surface area (Å²) in [6, 6.07) is 6.28. The molecule has 78 valence electrons. The second-order valence-electron chi connectivity index (χ2n) is 2.99. The summed E-state index contributed by atoms with van der Waals surface area (Å²) in [5.41, 5.74) is 1.35. The Morgan fingerprint density at radius 3 is 2.71 bits per heavy atom. The predicted molar refractivity (Wildman–Crippen MR) is 67.4 cm³/mol. The highest BCUT2D eigenvalue weighted by molar-refractivity contribution is 9.10. The standard InChI is InChI=1S/C11H14Br2O/c1-2-14-11-6-5-9(4-3-7-12)8-10(11)13/h5-6,8H,2-4,7H2,1H3. The lowest BCUT2D eigenvalue weighted by molar-refractivity contribution is 0.338. The lowest BCUT2D eigenvalue weighted by Gasteiger charge is -2.07.